The fourth-order valence-corrected chi connectivity index (χ4v) is 2.43. The highest BCUT2D eigenvalue weighted by atomic mass is 16.2. The van der Waals surface area contributed by atoms with Gasteiger partial charge in [-0.1, -0.05) is 44.2 Å². The van der Waals surface area contributed by atoms with Crippen molar-refractivity contribution in [2.45, 2.75) is 32.7 Å². The molecule has 2 amide bonds. The normalized spacial score (nSPS) is 16.2. The maximum atomic E-state index is 12.4. The SMILES string of the molecule is CC(C)C(=O)[C@H](NC(=O)N1CCCC1)c1ccccc1. The van der Waals surface area contributed by atoms with Crippen molar-refractivity contribution in [3.05, 3.63) is 35.9 Å². The predicted octanol–water partition coefficient (Wildman–Crippen LogP) is 2.76. The van der Waals surface area contributed by atoms with E-state index in [1.54, 1.807) is 4.90 Å². The first-order valence-electron chi connectivity index (χ1n) is 7.23. The van der Waals surface area contributed by atoms with Gasteiger partial charge in [0.15, 0.2) is 5.78 Å². The van der Waals surface area contributed by atoms with Crippen LogP contribution in [0.5, 0.6) is 0 Å². The minimum absolute atomic E-state index is 0.0451. The van der Waals surface area contributed by atoms with Gasteiger partial charge in [0, 0.05) is 19.0 Å². The summed E-state index contributed by atoms with van der Waals surface area (Å²) in [5, 5.41) is 2.89. The number of benzene rings is 1. The number of nitrogens with one attached hydrogen (secondary N) is 1. The smallest absolute Gasteiger partial charge is 0.318 e. The Morgan fingerprint density at radius 1 is 1.10 bits per heavy atom. The second-order valence-electron chi connectivity index (χ2n) is 5.54. The minimum Gasteiger partial charge on any atom is -0.325 e. The third kappa shape index (κ3) is 3.38. The van der Waals surface area contributed by atoms with Crippen molar-refractivity contribution in [3.8, 4) is 0 Å². The molecule has 4 nitrogen and oxygen atoms in total. The van der Waals surface area contributed by atoms with Crippen LogP contribution in [-0.2, 0) is 4.79 Å². The molecule has 1 saturated heterocycles. The van der Waals surface area contributed by atoms with E-state index in [4.69, 9.17) is 0 Å². The van der Waals surface area contributed by atoms with Gasteiger partial charge in [-0.2, -0.15) is 0 Å². The third-order valence-electron chi connectivity index (χ3n) is 3.65. The molecule has 0 saturated carbocycles. The summed E-state index contributed by atoms with van der Waals surface area (Å²) in [6, 6.07) is 8.76. The molecule has 1 aliphatic rings. The average Bonchev–Trinajstić information content (AvgIpc) is 2.99. The first kappa shape index (κ1) is 14.6. The van der Waals surface area contributed by atoms with Gasteiger partial charge >= 0.3 is 6.03 Å². The van der Waals surface area contributed by atoms with E-state index in [9.17, 15) is 9.59 Å². The molecular formula is C16H22N2O2. The fourth-order valence-electron chi connectivity index (χ4n) is 2.43. The first-order valence-corrected chi connectivity index (χ1v) is 7.23. The molecular weight excluding hydrogens is 252 g/mol. The number of nitrogens with zero attached hydrogens (tertiary/aromatic N) is 1. The van der Waals surface area contributed by atoms with E-state index in [1.807, 2.05) is 44.2 Å². The molecule has 0 bridgehead atoms. The topological polar surface area (TPSA) is 49.4 Å². The van der Waals surface area contributed by atoms with Gasteiger partial charge in [-0.05, 0) is 18.4 Å². The van der Waals surface area contributed by atoms with Crippen molar-refractivity contribution in [1.29, 1.82) is 0 Å². The number of ketones is 1. The summed E-state index contributed by atoms with van der Waals surface area (Å²) < 4.78 is 0. The number of carbonyl (C=O) groups is 2. The van der Waals surface area contributed by atoms with Gasteiger partial charge in [-0.15, -0.1) is 0 Å². The maximum absolute atomic E-state index is 12.4. The van der Waals surface area contributed by atoms with Gasteiger partial charge in [0.25, 0.3) is 0 Å². The molecule has 1 aromatic rings. The Kier molecular flexibility index (Phi) is 4.77. The summed E-state index contributed by atoms with van der Waals surface area (Å²) >= 11 is 0. The Morgan fingerprint density at radius 2 is 1.70 bits per heavy atom. The lowest BCUT2D eigenvalue weighted by Gasteiger charge is -2.23. The Hall–Kier alpha value is -1.84. The standard InChI is InChI=1S/C16H22N2O2/c1-12(2)15(19)14(13-8-4-3-5-9-13)17-16(20)18-10-6-7-11-18/h3-5,8-9,12,14H,6-7,10-11H2,1-2H3,(H,17,20)/t14-/m1/s1. The molecule has 1 fully saturated rings. The van der Waals surface area contributed by atoms with Crippen molar-refractivity contribution in [2.75, 3.05) is 13.1 Å². The summed E-state index contributed by atoms with van der Waals surface area (Å²) in [4.78, 5) is 26.4. The van der Waals surface area contributed by atoms with Crippen LogP contribution in [0.3, 0.4) is 0 Å². The average molecular weight is 274 g/mol. The minimum atomic E-state index is -0.552. The van der Waals surface area contributed by atoms with Crippen LogP contribution in [0.15, 0.2) is 30.3 Å². The van der Waals surface area contributed by atoms with Gasteiger partial charge < -0.3 is 10.2 Å². The van der Waals surface area contributed by atoms with Gasteiger partial charge in [-0.3, -0.25) is 4.79 Å². The van der Waals surface area contributed by atoms with E-state index in [-0.39, 0.29) is 17.7 Å². The molecule has 1 atom stereocenters. The van der Waals surface area contributed by atoms with E-state index >= 15 is 0 Å². The highest BCUT2D eigenvalue weighted by molar-refractivity contribution is 5.90. The lowest BCUT2D eigenvalue weighted by Crippen LogP contribution is -2.43. The monoisotopic (exact) mass is 274 g/mol. The number of hydrogen-bond donors (Lipinski definition) is 1. The summed E-state index contributed by atoms with van der Waals surface area (Å²) in [5.74, 6) is -0.0668. The van der Waals surface area contributed by atoms with Crippen molar-refractivity contribution in [3.63, 3.8) is 0 Å². The van der Waals surface area contributed by atoms with Crippen LogP contribution in [0.4, 0.5) is 4.79 Å². The van der Waals surface area contributed by atoms with Gasteiger partial charge in [0.05, 0.1) is 0 Å². The zero-order chi connectivity index (χ0) is 14.5. The van der Waals surface area contributed by atoms with Crippen LogP contribution in [0.25, 0.3) is 0 Å². The Balaban J connectivity index is 2.14. The molecule has 4 heteroatoms. The molecule has 0 aromatic heterocycles. The summed E-state index contributed by atoms with van der Waals surface area (Å²) in [6.07, 6.45) is 2.09. The molecule has 0 unspecified atom stereocenters. The summed E-state index contributed by atoms with van der Waals surface area (Å²) in [5.41, 5.74) is 0.846. The zero-order valence-electron chi connectivity index (χ0n) is 12.1. The zero-order valence-corrected chi connectivity index (χ0v) is 12.1. The van der Waals surface area contributed by atoms with E-state index in [2.05, 4.69) is 5.32 Å². The fraction of sp³-hybridized carbons (Fsp3) is 0.500. The largest absolute Gasteiger partial charge is 0.325 e. The summed E-state index contributed by atoms with van der Waals surface area (Å²) in [7, 11) is 0. The maximum Gasteiger partial charge on any atom is 0.318 e. The van der Waals surface area contributed by atoms with Gasteiger partial charge in [0.1, 0.15) is 6.04 Å². The molecule has 0 spiro atoms. The molecule has 1 heterocycles. The molecule has 0 aliphatic carbocycles. The van der Waals surface area contributed by atoms with Crippen molar-refractivity contribution in [2.24, 2.45) is 5.92 Å². The second-order valence-corrected chi connectivity index (χ2v) is 5.54. The van der Waals surface area contributed by atoms with Crippen LogP contribution in [0, 0.1) is 5.92 Å². The molecule has 2 rings (SSSR count). The molecule has 1 aliphatic heterocycles. The van der Waals surface area contributed by atoms with E-state index in [0.29, 0.717) is 0 Å². The Bertz CT molecular complexity index is 465. The Morgan fingerprint density at radius 3 is 2.25 bits per heavy atom. The molecule has 0 radical (unpaired) electrons. The first-order chi connectivity index (χ1) is 9.59. The van der Waals surface area contributed by atoms with Crippen LogP contribution >= 0.6 is 0 Å². The lowest BCUT2D eigenvalue weighted by atomic mass is 9.95. The molecule has 20 heavy (non-hydrogen) atoms. The Labute approximate surface area is 120 Å². The molecule has 1 aromatic carbocycles. The third-order valence-corrected chi connectivity index (χ3v) is 3.65. The summed E-state index contributed by atoms with van der Waals surface area (Å²) in [6.45, 7) is 5.28. The highest BCUT2D eigenvalue weighted by Gasteiger charge is 2.27. The van der Waals surface area contributed by atoms with Crippen molar-refractivity contribution < 1.29 is 9.59 Å². The van der Waals surface area contributed by atoms with E-state index in [0.717, 1.165) is 31.5 Å². The number of rotatable bonds is 4. The van der Waals surface area contributed by atoms with Gasteiger partial charge in [0.2, 0.25) is 0 Å². The van der Waals surface area contributed by atoms with E-state index < -0.39 is 6.04 Å². The number of hydrogen-bond acceptors (Lipinski definition) is 2. The van der Waals surface area contributed by atoms with Crippen LogP contribution < -0.4 is 5.32 Å². The number of Topliss-reactive ketones (excluding diaryl/α,β-unsaturated/α-hetero) is 1. The molecule has 108 valence electrons. The highest BCUT2D eigenvalue weighted by Crippen LogP contribution is 2.19. The number of carbonyl (C=O) groups excluding carboxylic acids is 2. The van der Waals surface area contributed by atoms with Gasteiger partial charge in [-0.25, -0.2) is 4.79 Å². The lowest BCUT2D eigenvalue weighted by molar-refractivity contribution is -0.123. The van der Waals surface area contributed by atoms with Crippen molar-refractivity contribution in [1.82, 2.24) is 10.2 Å². The second kappa shape index (κ2) is 6.55. The van der Waals surface area contributed by atoms with E-state index in [1.165, 1.54) is 0 Å². The van der Waals surface area contributed by atoms with Crippen LogP contribution in [0.1, 0.15) is 38.3 Å². The van der Waals surface area contributed by atoms with Crippen LogP contribution in [0.2, 0.25) is 0 Å². The number of amides is 2. The van der Waals surface area contributed by atoms with Crippen LogP contribution in [-0.4, -0.2) is 29.8 Å². The quantitative estimate of drug-likeness (QED) is 0.917. The van der Waals surface area contributed by atoms with Crippen molar-refractivity contribution >= 4 is 11.8 Å². The molecule has 1 N–H and O–H groups in total. The predicted molar refractivity (Wildman–Crippen MR) is 78.4 cm³/mol. The number of urea groups is 1. The number of likely N-dealkylation sites (tertiary alicyclic amines) is 1.